The van der Waals surface area contributed by atoms with E-state index >= 15 is 0 Å². The molecule has 186 valence electrons. The van der Waals surface area contributed by atoms with Crippen LogP contribution in [0.4, 0.5) is 0 Å². The van der Waals surface area contributed by atoms with E-state index in [9.17, 15) is 14.7 Å². The maximum Gasteiger partial charge on any atom is 0.259 e. The number of aliphatic hydroxyl groups is 1. The second kappa shape index (κ2) is 11.4. The molecule has 2 amide bonds. The minimum absolute atomic E-state index is 0.0903. The number of hydroxylamine groups is 1. The molecule has 2 aliphatic heterocycles. The topological polar surface area (TPSA) is 85.4 Å². The SMILES string of the molecule is CONC1=CN(C(=O)c2ccccc2-c2ccc(Cl)c(Cl)c2)C(C(=O)N2CCN(CCO)CC2)C1. The van der Waals surface area contributed by atoms with Gasteiger partial charge in [-0.05, 0) is 29.3 Å². The van der Waals surface area contributed by atoms with Crippen molar-refractivity contribution in [3.05, 3.63) is 70.0 Å². The average molecular weight is 519 g/mol. The van der Waals surface area contributed by atoms with Gasteiger partial charge in [0, 0.05) is 50.9 Å². The molecule has 0 aliphatic carbocycles. The van der Waals surface area contributed by atoms with Crippen molar-refractivity contribution in [2.24, 2.45) is 0 Å². The van der Waals surface area contributed by atoms with E-state index in [4.69, 9.17) is 28.0 Å². The van der Waals surface area contributed by atoms with Crippen molar-refractivity contribution < 1.29 is 19.5 Å². The lowest BCUT2D eigenvalue weighted by Crippen LogP contribution is -2.54. The molecule has 2 heterocycles. The van der Waals surface area contributed by atoms with Crippen LogP contribution in [0.15, 0.2) is 54.4 Å². The third-order valence-electron chi connectivity index (χ3n) is 6.28. The molecule has 1 atom stereocenters. The molecule has 0 radical (unpaired) electrons. The number of β-amino-alcohol motifs (C(OH)–C–C–N with tert-alkyl or cyclic N) is 1. The van der Waals surface area contributed by atoms with E-state index in [1.54, 1.807) is 35.4 Å². The van der Waals surface area contributed by atoms with Crippen LogP contribution in [0.5, 0.6) is 0 Å². The molecular weight excluding hydrogens is 491 g/mol. The number of carbonyl (C=O) groups is 2. The van der Waals surface area contributed by atoms with Gasteiger partial charge in [-0.15, -0.1) is 0 Å². The second-order valence-corrected chi connectivity index (χ2v) is 9.27. The van der Waals surface area contributed by atoms with Gasteiger partial charge in [-0.25, -0.2) is 0 Å². The fourth-order valence-electron chi connectivity index (χ4n) is 4.49. The zero-order valence-corrected chi connectivity index (χ0v) is 20.9. The molecule has 0 saturated carbocycles. The Labute approximate surface area is 214 Å². The van der Waals surface area contributed by atoms with Crippen LogP contribution in [0, 0.1) is 0 Å². The lowest BCUT2D eigenvalue weighted by molar-refractivity contribution is -0.136. The van der Waals surface area contributed by atoms with Gasteiger partial charge in [-0.3, -0.25) is 24.8 Å². The van der Waals surface area contributed by atoms with Crippen LogP contribution >= 0.6 is 23.2 Å². The summed E-state index contributed by atoms with van der Waals surface area (Å²) in [6, 6.07) is 11.8. The Kier molecular flexibility index (Phi) is 8.30. The van der Waals surface area contributed by atoms with Crippen molar-refractivity contribution in [3.8, 4) is 11.1 Å². The number of amides is 2. The highest BCUT2D eigenvalue weighted by atomic mass is 35.5. The zero-order chi connectivity index (χ0) is 24.9. The molecule has 2 N–H and O–H groups in total. The molecule has 1 saturated heterocycles. The molecule has 2 aromatic carbocycles. The van der Waals surface area contributed by atoms with Crippen molar-refractivity contribution in [2.75, 3.05) is 46.4 Å². The van der Waals surface area contributed by atoms with Crippen molar-refractivity contribution in [1.29, 1.82) is 0 Å². The van der Waals surface area contributed by atoms with E-state index in [2.05, 4.69) is 10.4 Å². The number of hydrogen-bond donors (Lipinski definition) is 2. The number of nitrogens with zero attached hydrogens (tertiary/aromatic N) is 3. The van der Waals surface area contributed by atoms with E-state index in [1.165, 1.54) is 12.0 Å². The number of aliphatic hydroxyl groups excluding tert-OH is 1. The van der Waals surface area contributed by atoms with E-state index in [0.29, 0.717) is 66.0 Å². The minimum Gasteiger partial charge on any atom is -0.395 e. The smallest absolute Gasteiger partial charge is 0.259 e. The quantitative estimate of drug-likeness (QED) is 0.548. The van der Waals surface area contributed by atoms with Crippen LogP contribution in [0.3, 0.4) is 0 Å². The van der Waals surface area contributed by atoms with Crippen LogP contribution in [0.2, 0.25) is 10.0 Å². The van der Waals surface area contributed by atoms with Crippen LogP contribution in [0.25, 0.3) is 11.1 Å². The molecule has 4 rings (SSSR count). The summed E-state index contributed by atoms with van der Waals surface area (Å²) in [7, 11) is 1.49. The molecule has 1 unspecified atom stereocenters. The van der Waals surface area contributed by atoms with Gasteiger partial charge in [-0.1, -0.05) is 47.5 Å². The van der Waals surface area contributed by atoms with Crippen molar-refractivity contribution in [3.63, 3.8) is 0 Å². The standard InChI is InChI=1S/C25H28Cl2N4O4/c1-35-28-18-15-23(25(34)30-10-8-29(9-11-30)12-13-32)31(16-18)24(33)20-5-3-2-4-19(20)17-6-7-21(26)22(27)14-17/h2-7,14,16,23,28,32H,8-13,15H2,1H3. The highest BCUT2D eigenvalue weighted by Crippen LogP contribution is 2.33. The first kappa shape index (κ1) is 25.5. The van der Waals surface area contributed by atoms with E-state index in [1.807, 2.05) is 18.2 Å². The second-order valence-electron chi connectivity index (χ2n) is 8.46. The number of nitrogens with one attached hydrogen (secondary N) is 1. The fraction of sp³-hybridized carbons (Fsp3) is 0.360. The molecule has 2 aliphatic rings. The Balaban J connectivity index is 1.61. The Hall–Kier alpha value is -2.62. The number of benzene rings is 2. The number of piperazine rings is 1. The molecule has 0 spiro atoms. The molecule has 10 heteroatoms. The van der Waals surface area contributed by atoms with Gasteiger partial charge in [0.05, 0.1) is 29.5 Å². The minimum atomic E-state index is -0.689. The molecular formula is C25H28Cl2N4O4. The monoisotopic (exact) mass is 518 g/mol. The van der Waals surface area contributed by atoms with Gasteiger partial charge < -0.3 is 14.9 Å². The van der Waals surface area contributed by atoms with Gasteiger partial charge in [0.15, 0.2) is 0 Å². The maximum atomic E-state index is 13.8. The van der Waals surface area contributed by atoms with Crippen molar-refractivity contribution >= 4 is 35.0 Å². The average Bonchev–Trinajstić information content (AvgIpc) is 3.29. The van der Waals surface area contributed by atoms with Gasteiger partial charge >= 0.3 is 0 Å². The summed E-state index contributed by atoms with van der Waals surface area (Å²) in [6.45, 7) is 3.14. The first-order chi connectivity index (χ1) is 16.9. The zero-order valence-electron chi connectivity index (χ0n) is 19.4. The fourth-order valence-corrected chi connectivity index (χ4v) is 4.79. The summed E-state index contributed by atoms with van der Waals surface area (Å²) in [5.41, 5.74) is 5.32. The van der Waals surface area contributed by atoms with E-state index in [-0.39, 0.29) is 18.4 Å². The van der Waals surface area contributed by atoms with E-state index < -0.39 is 6.04 Å². The molecule has 0 aromatic heterocycles. The highest BCUT2D eigenvalue weighted by molar-refractivity contribution is 6.42. The molecule has 35 heavy (non-hydrogen) atoms. The third kappa shape index (κ3) is 5.63. The Morgan fingerprint density at radius 1 is 1.09 bits per heavy atom. The van der Waals surface area contributed by atoms with Crippen molar-refractivity contribution in [2.45, 2.75) is 12.5 Å². The predicted octanol–water partition coefficient (Wildman–Crippen LogP) is 3.00. The van der Waals surface area contributed by atoms with Crippen LogP contribution in [0.1, 0.15) is 16.8 Å². The lowest BCUT2D eigenvalue weighted by Gasteiger charge is -2.37. The summed E-state index contributed by atoms with van der Waals surface area (Å²) < 4.78 is 0. The summed E-state index contributed by atoms with van der Waals surface area (Å²) in [4.78, 5) is 37.8. The summed E-state index contributed by atoms with van der Waals surface area (Å²) in [6.07, 6.45) is 1.96. The third-order valence-corrected chi connectivity index (χ3v) is 7.02. The molecule has 2 aromatic rings. The highest BCUT2D eigenvalue weighted by Gasteiger charge is 2.39. The first-order valence-corrected chi connectivity index (χ1v) is 12.2. The Morgan fingerprint density at radius 3 is 2.51 bits per heavy atom. The lowest BCUT2D eigenvalue weighted by atomic mass is 9.98. The van der Waals surface area contributed by atoms with Gasteiger partial charge in [0.2, 0.25) is 5.91 Å². The van der Waals surface area contributed by atoms with Crippen LogP contribution in [-0.4, -0.2) is 84.1 Å². The largest absolute Gasteiger partial charge is 0.395 e. The Morgan fingerprint density at radius 2 is 1.83 bits per heavy atom. The molecule has 0 bridgehead atoms. The van der Waals surface area contributed by atoms with Crippen LogP contribution < -0.4 is 5.48 Å². The number of carbonyl (C=O) groups excluding carboxylic acids is 2. The first-order valence-electron chi connectivity index (χ1n) is 11.4. The predicted molar refractivity (Wildman–Crippen MR) is 135 cm³/mol. The number of rotatable bonds is 7. The van der Waals surface area contributed by atoms with Gasteiger partial charge in [0.25, 0.3) is 5.91 Å². The maximum absolute atomic E-state index is 13.8. The summed E-state index contributed by atoms with van der Waals surface area (Å²) >= 11 is 12.3. The van der Waals surface area contributed by atoms with Crippen LogP contribution in [-0.2, 0) is 9.63 Å². The Bertz CT molecular complexity index is 1120. The normalized spacial score (nSPS) is 18.5. The number of hydrogen-bond acceptors (Lipinski definition) is 6. The van der Waals surface area contributed by atoms with Gasteiger partial charge in [0.1, 0.15) is 6.04 Å². The van der Waals surface area contributed by atoms with Gasteiger partial charge in [-0.2, -0.15) is 0 Å². The van der Waals surface area contributed by atoms with E-state index in [0.717, 1.165) is 5.56 Å². The van der Waals surface area contributed by atoms with Crippen molar-refractivity contribution in [1.82, 2.24) is 20.2 Å². The molecule has 8 nitrogen and oxygen atoms in total. The molecule has 1 fully saturated rings. The summed E-state index contributed by atoms with van der Waals surface area (Å²) in [5, 5.41) is 10.0. The summed E-state index contributed by atoms with van der Waals surface area (Å²) in [5.74, 6) is -0.407. The number of halogens is 2.